The number of benzene rings is 1. The molecule has 6 nitrogen and oxygen atoms in total. The lowest BCUT2D eigenvalue weighted by Crippen LogP contribution is -2.34. The van der Waals surface area contributed by atoms with E-state index in [1.54, 1.807) is 24.3 Å². The Morgan fingerprint density at radius 2 is 2.09 bits per heavy atom. The van der Waals surface area contributed by atoms with Crippen LogP contribution in [0.5, 0.6) is 0 Å². The third-order valence-electron chi connectivity index (χ3n) is 3.56. The van der Waals surface area contributed by atoms with Gasteiger partial charge in [-0.15, -0.1) is 0 Å². The van der Waals surface area contributed by atoms with Crippen molar-refractivity contribution < 1.29 is 4.74 Å². The molecule has 1 aliphatic heterocycles. The van der Waals surface area contributed by atoms with Crippen LogP contribution in [0.3, 0.4) is 0 Å². The molecule has 0 amide bonds. The fraction of sp³-hybridized carbons (Fsp3) is 0.333. The summed E-state index contributed by atoms with van der Waals surface area (Å²) < 4.78 is 6.55. The number of halogens is 1. The SMILES string of the molecule is O=c1cc(NC[C@H]2CCCO2)[nH]c(=O)n1-c1ccc(Cl)cc1. The van der Waals surface area contributed by atoms with Crippen molar-refractivity contribution in [2.75, 3.05) is 18.5 Å². The zero-order chi connectivity index (χ0) is 15.5. The molecule has 1 saturated heterocycles. The first-order valence-corrected chi connectivity index (χ1v) is 7.49. The van der Waals surface area contributed by atoms with Crippen molar-refractivity contribution in [3.63, 3.8) is 0 Å². The van der Waals surface area contributed by atoms with Crippen LogP contribution in [-0.2, 0) is 4.74 Å². The number of anilines is 1. The number of aromatic amines is 1. The van der Waals surface area contributed by atoms with Gasteiger partial charge in [0, 0.05) is 24.2 Å². The zero-order valence-corrected chi connectivity index (χ0v) is 12.6. The minimum absolute atomic E-state index is 0.127. The van der Waals surface area contributed by atoms with Gasteiger partial charge in [-0.25, -0.2) is 9.36 Å². The lowest BCUT2D eigenvalue weighted by atomic mass is 10.2. The molecule has 1 aliphatic rings. The average molecular weight is 322 g/mol. The first-order chi connectivity index (χ1) is 10.6. The molecule has 3 rings (SSSR count). The van der Waals surface area contributed by atoms with Gasteiger partial charge in [-0.05, 0) is 37.1 Å². The Labute approximate surface area is 131 Å². The summed E-state index contributed by atoms with van der Waals surface area (Å²) in [6.45, 7) is 1.33. The number of nitrogens with one attached hydrogen (secondary N) is 2. The van der Waals surface area contributed by atoms with Crippen LogP contribution in [0.4, 0.5) is 5.82 Å². The lowest BCUT2D eigenvalue weighted by Gasteiger charge is -2.12. The average Bonchev–Trinajstić information content (AvgIpc) is 3.00. The Balaban J connectivity index is 1.83. The molecule has 2 heterocycles. The fourth-order valence-corrected chi connectivity index (χ4v) is 2.58. The number of hydrogen-bond donors (Lipinski definition) is 2. The quantitative estimate of drug-likeness (QED) is 0.900. The summed E-state index contributed by atoms with van der Waals surface area (Å²) in [6.07, 6.45) is 2.15. The molecule has 1 aromatic heterocycles. The zero-order valence-electron chi connectivity index (χ0n) is 11.8. The van der Waals surface area contributed by atoms with Crippen molar-refractivity contribution in [1.82, 2.24) is 9.55 Å². The van der Waals surface area contributed by atoms with Crippen LogP contribution >= 0.6 is 11.6 Å². The highest BCUT2D eigenvalue weighted by Crippen LogP contribution is 2.13. The van der Waals surface area contributed by atoms with Gasteiger partial charge in [0.25, 0.3) is 5.56 Å². The van der Waals surface area contributed by atoms with E-state index >= 15 is 0 Å². The van der Waals surface area contributed by atoms with Gasteiger partial charge in [-0.1, -0.05) is 11.6 Å². The Morgan fingerprint density at radius 3 is 2.73 bits per heavy atom. The number of nitrogens with zero attached hydrogens (tertiary/aromatic N) is 1. The van der Waals surface area contributed by atoms with E-state index in [0.717, 1.165) is 24.0 Å². The summed E-state index contributed by atoms with van der Waals surface area (Å²) in [4.78, 5) is 27.0. The summed E-state index contributed by atoms with van der Waals surface area (Å²) in [7, 11) is 0. The van der Waals surface area contributed by atoms with Crippen molar-refractivity contribution >= 4 is 17.4 Å². The number of H-pyrrole nitrogens is 1. The molecule has 7 heteroatoms. The summed E-state index contributed by atoms with van der Waals surface area (Å²) in [5, 5.41) is 3.59. The van der Waals surface area contributed by atoms with E-state index in [0.29, 0.717) is 23.1 Å². The van der Waals surface area contributed by atoms with E-state index < -0.39 is 11.2 Å². The highest BCUT2D eigenvalue weighted by Gasteiger charge is 2.15. The fourth-order valence-electron chi connectivity index (χ4n) is 2.45. The highest BCUT2D eigenvalue weighted by atomic mass is 35.5. The molecule has 1 fully saturated rings. The van der Waals surface area contributed by atoms with E-state index in [9.17, 15) is 9.59 Å². The number of rotatable bonds is 4. The van der Waals surface area contributed by atoms with E-state index in [4.69, 9.17) is 16.3 Å². The highest BCUT2D eigenvalue weighted by molar-refractivity contribution is 6.30. The minimum atomic E-state index is -0.496. The monoisotopic (exact) mass is 321 g/mol. The van der Waals surface area contributed by atoms with Gasteiger partial charge in [0.1, 0.15) is 5.82 Å². The third kappa shape index (κ3) is 3.23. The van der Waals surface area contributed by atoms with Crippen molar-refractivity contribution in [3.8, 4) is 5.69 Å². The smallest absolute Gasteiger partial charge is 0.334 e. The van der Waals surface area contributed by atoms with Gasteiger partial charge in [-0.3, -0.25) is 9.78 Å². The largest absolute Gasteiger partial charge is 0.376 e. The van der Waals surface area contributed by atoms with Gasteiger partial charge in [-0.2, -0.15) is 0 Å². The topological polar surface area (TPSA) is 76.1 Å². The van der Waals surface area contributed by atoms with Crippen molar-refractivity contribution in [1.29, 1.82) is 0 Å². The predicted molar refractivity (Wildman–Crippen MR) is 85.1 cm³/mol. The van der Waals surface area contributed by atoms with Gasteiger partial charge in [0.05, 0.1) is 11.8 Å². The van der Waals surface area contributed by atoms with Gasteiger partial charge in [0.15, 0.2) is 0 Å². The lowest BCUT2D eigenvalue weighted by molar-refractivity contribution is 0.120. The molecule has 2 aromatic rings. The summed E-state index contributed by atoms with van der Waals surface area (Å²) >= 11 is 5.81. The Bertz CT molecular complexity index is 730. The third-order valence-corrected chi connectivity index (χ3v) is 3.81. The van der Waals surface area contributed by atoms with E-state index in [1.165, 1.54) is 6.07 Å². The standard InChI is InChI=1S/C15H16ClN3O3/c16-10-3-5-11(6-4-10)19-14(20)8-13(18-15(19)21)17-9-12-2-1-7-22-12/h3-6,8,12,17H,1-2,7,9H2,(H,18,21)/t12-/m1/s1. The first-order valence-electron chi connectivity index (χ1n) is 7.11. The predicted octanol–water partition coefficient (Wildman–Crippen LogP) is 1.77. The van der Waals surface area contributed by atoms with E-state index in [2.05, 4.69) is 10.3 Å². The van der Waals surface area contributed by atoms with E-state index in [-0.39, 0.29) is 6.10 Å². The van der Waals surface area contributed by atoms with Gasteiger partial charge in [0.2, 0.25) is 0 Å². The molecule has 2 N–H and O–H groups in total. The maximum Gasteiger partial charge on any atom is 0.334 e. The Kier molecular flexibility index (Phi) is 4.31. The second-order valence-electron chi connectivity index (χ2n) is 5.15. The van der Waals surface area contributed by atoms with Crippen LogP contribution in [0.25, 0.3) is 5.69 Å². The summed E-state index contributed by atoms with van der Waals surface area (Å²) in [5.74, 6) is 0.399. The normalized spacial score (nSPS) is 17.6. The van der Waals surface area contributed by atoms with Crippen LogP contribution in [0.15, 0.2) is 39.9 Å². The maximum absolute atomic E-state index is 12.2. The Hall–Kier alpha value is -2.05. The summed E-state index contributed by atoms with van der Waals surface area (Å²) in [5.41, 5.74) is -0.424. The second-order valence-corrected chi connectivity index (χ2v) is 5.59. The molecule has 116 valence electrons. The molecule has 0 unspecified atom stereocenters. The van der Waals surface area contributed by atoms with Crippen LogP contribution in [0.2, 0.25) is 5.02 Å². The van der Waals surface area contributed by atoms with Crippen molar-refractivity contribution in [2.24, 2.45) is 0 Å². The maximum atomic E-state index is 12.2. The summed E-state index contributed by atoms with van der Waals surface area (Å²) in [6, 6.07) is 7.88. The van der Waals surface area contributed by atoms with Crippen LogP contribution in [0.1, 0.15) is 12.8 Å². The molecule has 0 saturated carbocycles. The minimum Gasteiger partial charge on any atom is -0.376 e. The first kappa shape index (κ1) is 14.9. The number of hydrogen-bond acceptors (Lipinski definition) is 4. The molecule has 0 bridgehead atoms. The molecule has 0 spiro atoms. The van der Waals surface area contributed by atoms with Gasteiger partial charge < -0.3 is 10.1 Å². The molecule has 22 heavy (non-hydrogen) atoms. The molecule has 0 aliphatic carbocycles. The van der Waals surface area contributed by atoms with E-state index in [1.807, 2.05) is 0 Å². The van der Waals surface area contributed by atoms with Crippen molar-refractivity contribution in [3.05, 3.63) is 56.2 Å². The van der Waals surface area contributed by atoms with Crippen LogP contribution < -0.4 is 16.6 Å². The number of aromatic nitrogens is 2. The molecule has 0 radical (unpaired) electrons. The molecular formula is C15H16ClN3O3. The van der Waals surface area contributed by atoms with Crippen molar-refractivity contribution in [2.45, 2.75) is 18.9 Å². The number of ether oxygens (including phenoxy) is 1. The van der Waals surface area contributed by atoms with Crippen LogP contribution in [0, 0.1) is 0 Å². The van der Waals surface area contributed by atoms with Gasteiger partial charge >= 0.3 is 5.69 Å². The van der Waals surface area contributed by atoms with Crippen LogP contribution in [-0.4, -0.2) is 28.8 Å². The Morgan fingerprint density at radius 1 is 1.32 bits per heavy atom. The molecular weight excluding hydrogens is 306 g/mol. The molecule has 1 aromatic carbocycles. The second kappa shape index (κ2) is 6.37. The molecule has 1 atom stereocenters.